The Hall–Kier alpha value is -1.30. The van der Waals surface area contributed by atoms with Gasteiger partial charge in [0.15, 0.2) is 0 Å². The molecule has 1 heterocycles. The highest BCUT2D eigenvalue weighted by Gasteiger charge is 2.19. The highest BCUT2D eigenvalue weighted by atomic mass is 16.5. The molecule has 1 aliphatic heterocycles. The van der Waals surface area contributed by atoms with E-state index in [9.17, 15) is 9.59 Å². The summed E-state index contributed by atoms with van der Waals surface area (Å²) < 4.78 is 5.20. The van der Waals surface area contributed by atoms with E-state index in [0.717, 1.165) is 13.0 Å². The first-order valence-corrected chi connectivity index (χ1v) is 5.80. The number of amides is 2. The smallest absolute Gasteiger partial charge is 0.317 e. The summed E-state index contributed by atoms with van der Waals surface area (Å²) in [5.41, 5.74) is 0. The molecule has 0 saturated carbocycles. The second-order valence-electron chi connectivity index (χ2n) is 4.54. The summed E-state index contributed by atoms with van der Waals surface area (Å²) in [6.45, 7) is 3.83. The Bertz CT molecular complexity index is 277. The van der Waals surface area contributed by atoms with Gasteiger partial charge in [0.1, 0.15) is 0 Å². The van der Waals surface area contributed by atoms with Crippen molar-refractivity contribution < 1.29 is 19.4 Å². The topological polar surface area (TPSA) is 78.9 Å². The molecule has 17 heavy (non-hydrogen) atoms. The molecule has 98 valence electrons. The summed E-state index contributed by atoms with van der Waals surface area (Å²) in [6, 6.07) is -0.231. The van der Waals surface area contributed by atoms with E-state index in [2.05, 4.69) is 5.32 Å². The van der Waals surface area contributed by atoms with Crippen LogP contribution >= 0.6 is 0 Å². The molecular weight excluding hydrogens is 224 g/mol. The number of carboxylic acids is 1. The average Bonchev–Trinajstić information content (AvgIpc) is 2.78. The van der Waals surface area contributed by atoms with E-state index in [1.54, 1.807) is 14.0 Å². The van der Waals surface area contributed by atoms with Crippen LogP contribution in [0.1, 0.15) is 13.3 Å². The van der Waals surface area contributed by atoms with Crippen molar-refractivity contribution in [2.24, 2.45) is 11.8 Å². The minimum Gasteiger partial charge on any atom is -0.481 e. The highest BCUT2D eigenvalue weighted by molar-refractivity contribution is 5.75. The lowest BCUT2D eigenvalue weighted by Gasteiger charge is -2.20. The van der Waals surface area contributed by atoms with Crippen LogP contribution in [0.25, 0.3) is 0 Å². The number of carboxylic acid groups (broad SMARTS) is 1. The predicted molar refractivity (Wildman–Crippen MR) is 61.8 cm³/mol. The first kappa shape index (κ1) is 13.8. The van der Waals surface area contributed by atoms with Crippen molar-refractivity contribution in [1.82, 2.24) is 10.2 Å². The van der Waals surface area contributed by atoms with E-state index in [1.165, 1.54) is 4.90 Å². The molecule has 1 saturated heterocycles. The van der Waals surface area contributed by atoms with Crippen LogP contribution in [0, 0.1) is 11.8 Å². The van der Waals surface area contributed by atoms with Gasteiger partial charge in [0.25, 0.3) is 0 Å². The number of nitrogens with zero attached hydrogens (tertiary/aromatic N) is 1. The van der Waals surface area contributed by atoms with E-state index >= 15 is 0 Å². The van der Waals surface area contributed by atoms with Crippen molar-refractivity contribution in [2.45, 2.75) is 13.3 Å². The number of urea groups is 1. The second-order valence-corrected chi connectivity index (χ2v) is 4.54. The zero-order valence-electron chi connectivity index (χ0n) is 10.3. The zero-order valence-corrected chi connectivity index (χ0v) is 10.3. The minimum absolute atomic E-state index is 0.211. The Balaban J connectivity index is 2.23. The fraction of sp³-hybridized carbons (Fsp3) is 0.818. The van der Waals surface area contributed by atoms with E-state index in [-0.39, 0.29) is 12.6 Å². The largest absolute Gasteiger partial charge is 0.481 e. The van der Waals surface area contributed by atoms with Gasteiger partial charge in [-0.3, -0.25) is 4.79 Å². The molecule has 0 bridgehead atoms. The summed E-state index contributed by atoms with van der Waals surface area (Å²) in [5, 5.41) is 11.5. The molecular formula is C11H20N2O4. The molecule has 1 fully saturated rings. The quantitative estimate of drug-likeness (QED) is 0.733. The maximum Gasteiger partial charge on any atom is 0.317 e. The van der Waals surface area contributed by atoms with Crippen molar-refractivity contribution in [2.75, 3.05) is 33.4 Å². The van der Waals surface area contributed by atoms with Crippen LogP contribution in [0.2, 0.25) is 0 Å². The molecule has 0 radical (unpaired) electrons. The number of hydrogen-bond acceptors (Lipinski definition) is 3. The van der Waals surface area contributed by atoms with E-state index in [4.69, 9.17) is 9.84 Å². The van der Waals surface area contributed by atoms with Crippen LogP contribution in [0.4, 0.5) is 4.79 Å². The molecule has 6 nitrogen and oxygen atoms in total. The third-order valence-electron chi connectivity index (χ3n) is 2.88. The van der Waals surface area contributed by atoms with Gasteiger partial charge in [-0.05, 0) is 6.42 Å². The average molecular weight is 244 g/mol. The molecule has 0 aromatic rings. The van der Waals surface area contributed by atoms with Crippen LogP contribution in [0.15, 0.2) is 0 Å². The number of hydrogen-bond donors (Lipinski definition) is 2. The van der Waals surface area contributed by atoms with Crippen LogP contribution in [-0.4, -0.2) is 55.4 Å². The molecule has 0 aromatic carbocycles. The second kappa shape index (κ2) is 6.44. The molecule has 6 heteroatoms. The van der Waals surface area contributed by atoms with E-state index < -0.39 is 11.9 Å². The van der Waals surface area contributed by atoms with Crippen LogP contribution < -0.4 is 5.32 Å². The number of ether oxygens (including phenoxy) is 1. The SMILES string of the molecule is CC(CN(C)C(=O)NCC1CCOC1)C(=O)O. The normalized spacial score (nSPS) is 20.9. The number of carbonyl (C=O) groups excluding carboxylic acids is 1. The third-order valence-corrected chi connectivity index (χ3v) is 2.88. The lowest BCUT2D eigenvalue weighted by molar-refractivity contribution is -0.141. The Morgan fingerprint density at radius 1 is 1.59 bits per heavy atom. The van der Waals surface area contributed by atoms with Gasteiger partial charge in [-0.15, -0.1) is 0 Å². The molecule has 2 N–H and O–H groups in total. The van der Waals surface area contributed by atoms with Crippen molar-refractivity contribution in [1.29, 1.82) is 0 Å². The Labute approximate surface area is 101 Å². The monoisotopic (exact) mass is 244 g/mol. The lowest BCUT2D eigenvalue weighted by Crippen LogP contribution is -2.42. The highest BCUT2D eigenvalue weighted by Crippen LogP contribution is 2.10. The fourth-order valence-corrected chi connectivity index (χ4v) is 1.68. The van der Waals surface area contributed by atoms with Gasteiger partial charge in [0, 0.05) is 32.7 Å². The predicted octanol–water partition coefficient (Wildman–Crippen LogP) is 0.385. The summed E-state index contributed by atoms with van der Waals surface area (Å²) in [4.78, 5) is 23.7. The Morgan fingerprint density at radius 2 is 2.29 bits per heavy atom. The molecule has 0 aliphatic carbocycles. The van der Waals surface area contributed by atoms with Gasteiger partial charge in [0.05, 0.1) is 12.5 Å². The first-order valence-electron chi connectivity index (χ1n) is 5.80. The van der Waals surface area contributed by atoms with Crippen molar-refractivity contribution in [3.63, 3.8) is 0 Å². The van der Waals surface area contributed by atoms with E-state index in [0.29, 0.717) is 19.1 Å². The maximum absolute atomic E-state index is 11.6. The molecule has 2 atom stereocenters. The van der Waals surface area contributed by atoms with Crippen molar-refractivity contribution in [3.05, 3.63) is 0 Å². The summed E-state index contributed by atoms with van der Waals surface area (Å²) >= 11 is 0. The molecule has 1 rings (SSSR count). The number of nitrogens with one attached hydrogen (secondary N) is 1. The van der Waals surface area contributed by atoms with Gasteiger partial charge in [-0.1, -0.05) is 6.92 Å². The summed E-state index contributed by atoms with van der Waals surface area (Å²) in [5.74, 6) is -1.07. The van der Waals surface area contributed by atoms with Crippen molar-refractivity contribution >= 4 is 12.0 Å². The van der Waals surface area contributed by atoms with Crippen LogP contribution in [-0.2, 0) is 9.53 Å². The third kappa shape index (κ3) is 4.60. The molecule has 2 unspecified atom stereocenters. The van der Waals surface area contributed by atoms with Crippen LogP contribution in [0.3, 0.4) is 0 Å². The number of rotatable bonds is 5. The lowest BCUT2D eigenvalue weighted by atomic mass is 10.1. The Morgan fingerprint density at radius 3 is 2.82 bits per heavy atom. The van der Waals surface area contributed by atoms with Crippen molar-refractivity contribution in [3.8, 4) is 0 Å². The molecule has 2 amide bonds. The first-order chi connectivity index (χ1) is 8.00. The number of aliphatic carboxylic acids is 1. The summed E-state index contributed by atoms with van der Waals surface area (Å²) in [6.07, 6.45) is 0.968. The fourth-order valence-electron chi connectivity index (χ4n) is 1.68. The summed E-state index contributed by atoms with van der Waals surface area (Å²) in [7, 11) is 1.60. The maximum atomic E-state index is 11.6. The van der Waals surface area contributed by atoms with Gasteiger partial charge >= 0.3 is 12.0 Å². The zero-order chi connectivity index (χ0) is 12.8. The van der Waals surface area contributed by atoms with Gasteiger partial charge < -0.3 is 20.1 Å². The number of carbonyl (C=O) groups is 2. The van der Waals surface area contributed by atoms with Gasteiger partial charge in [-0.2, -0.15) is 0 Å². The Kier molecular flexibility index (Phi) is 5.21. The van der Waals surface area contributed by atoms with Gasteiger partial charge in [0.2, 0.25) is 0 Å². The van der Waals surface area contributed by atoms with Crippen LogP contribution in [0.5, 0.6) is 0 Å². The molecule has 0 spiro atoms. The molecule has 1 aliphatic rings. The molecule has 0 aromatic heterocycles. The van der Waals surface area contributed by atoms with Gasteiger partial charge in [-0.25, -0.2) is 4.79 Å². The standard InChI is InChI=1S/C11H20N2O4/c1-8(10(14)15)6-13(2)11(16)12-5-9-3-4-17-7-9/h8-9H,3-7H2,1-2H3,(H,12,16)(H,14,15). The van der Waals surface area contributed by atoms with E-state index in [1.807, 2.05) is 0 Å². The minimum atomic E-state index is -0.895.